The van der Waals surface area contributed by atoms with Gasteiger partial charge in [0.2, 0.25) is 0 Å². The van der Waals surface area contributed by atoms with E-state index in [1.54, 1.807) is 18.5 Å². The minimum atomic E-state index is -0.206. The molecule has 172 valence electrons. The van der Waals surface area contributed by atoms with E-state index in [1.165, 1.54) is 0 Å². The van der Waals surface area contributed by atoms with E-state index in [0.29, 0.717) is 11.4 Å². The number of amides is 1. The quantitative estimate of drug-likeness (QED) is 0.501. The largest absolute Gasteiger partial charge is 0.356 e. The number of nitrogens with one attached hydrogen (secondary N) is 2. The normalized spacial score (nSPS) is 15.0. The Kier molecular flexibility index (Phi) is 6.86. The van der Waals surface area contributed by atoms with Gasteiger partial charge >= 0.3 is 0 Å². The van der Waals surface area contributed by atoms with Crippen LogP contribution in [-0.4, -0.2) is 54.1 Å². The number of carbonyl (C=O) groups excluding carboxylic acids is 1. The Bertz CT molecular complexity index is 1170. The van der Waals surface area contributed by atoms with Gasteiger partial charge in [-0.1, -0.05) is 12.1 Å². The maximum atomic E-state index is 12.9. The summed E-state index contributed by atoms with van der Waals surface area (Å²) in [5.41, 5.74) is 11.9. The molecule has 0 spiro atoms. The SMILES string of the molecule is CNN(C)/C=C(\C)c1ccc2cnc(NC(=O)c3ccnc(N4CCC(N)CC4)c3)cc2c1. The molecule has 8 nitrogen and oxygen atoms in total. The van der Waals surface area contributed by atoms with E-state index in [0.717, 1.165) is 53.7 Å². The Hall–Kier alpha value is -3.49. The molecule has 1 amide bonds. The molecule has 8 heteroatoms. The van der Waals surface area contributed by atoms with Crippen LogP contribution in [0.1, 0.15) is 35.7 Å². The summed E-state index contributed by atoms with van der Waals surface area (Å²) in [6.07, 6.45) is 7.35. The van der Waals surface area contributed by atoms with Gasteiger partial charge in [0.25, 0.3) is 5.91 Å². The van der Waals surface area contributed by atoms with E-state index in [-0.39, 0.29) is 11.9 Å². The molecule has 0 unspecified atom stereocenters. The summed E-state index contributed by atoms with van der Waals surface area (Å²) in [5.74, 6) is 1.11. The van der Waals surface area contributed by atoms with Gasteiger partial charge in [0, 0.05) is 62.8 Å². The summed E-state index contributed by atoms with van der Waals surface area (Å²) in [7, 11) is 3.82. The van der Waals surface area contributed by atoms with Crippen LogP contribution in [0.4, 0.5) is 11.6 Å². The monoisotopic (exact) mass is 445 g/mol. The van der Waals surface area contributed by atoms with Gasteiger partial charge in [-0.05, 0) is 60.6 Å². The molecule has 33 heavy (non-hydrogen) atoms. The molecule has 0 saturated carbocycles. The molecule has 3 heterocycles. The molecule has 1 fully saturated rings. The molecule has 1 aliphatic rings. The molecule has 1 aliphatic heterocycles. The molecule has 0 bridgehead atoms. The summed E-state index contributed by atoms with van der Waals surface area (Å²) >= 11 is 0. The lowest BCUT2D eigenvalue weighted by molar-refractivity contribution is 0.102. The number of hydrogen-bond donors (Lipinski definition) is 3. The van der Waals surface area contributed by atoms with Gasteiger partial charge in [0.1, 0.15) is 11.6 Å². The minimum Gasteiger partial charge on any atom is -0.356 e. The molecule has 0 aliphatic carbocycles. The standard InChI is InChI=1S/C25H31N7O/c1-17(16-31(3)27-2)18-4-5-20-15-29-23(13-21(20)12-18)30-25(33)19-6-9-28-24(14-19)32-10-7-22(26)8-11-32/h4-6,9,12-16,22,27H,7-8,10-11,26H2,1-3H3,(H,29,30,33)/b17-16+. The van der Waals surface area contributed by atoms with Crippen molar-refractivity contribution in [3.05, 3.63) is 66.1 Å². The second-order valence-corrected chi connectivity index (χ2v) is 8.46. The van der Waals surface area contributed by atoms with E-state index >= 15 is 0 Å². The Morgan fingerprint density at radius 2 is 1.91 bits per heavy atom. The van der Waals surface area contributed by atoms with Crippen LogP contribution in [0.15, 0.2) is 55.0 Å². The molecule has 0 atom stereocenters. The van der Waals surface area contributed by atoms with Gasteiger partial charge in [-0.15, -0.1) is 0 Å². The Labute approximate surface area is 194 Å². The summed E-state index contributed by atoms with van der Waals surface area (Å²) in [4.78, 5) is 24.0. The summed E-state index contributed by atoms with van der Waals surface area (Å²) < 4.78 is 0. The maximum Gasteiger partial charge on any atom is 0.257 e. The Morgan fingerprint density at radius 1 is 1.12 bits per heavy atom. The highest BCUT2D eigenvalue weighted by Crippen LogP contribution is 2.23. The van der Waals surface area contributed by atoms with Crippen LogP contribution in [0.25, 0.3) is 16.3 Å². The highest BCUT2D eigenvalue weighted by atomic mass is 16.1. The van der Waals surface area contributed by atoms with Gasteiger partial charge in [0.15, 0.2) is 0 Å². The van der Waals surface area contributed by atoms with Crippen molar-refractivity contribution >= 4 is 33.9 Å². The van der Waals surface area contributed by atoms with Crippen LogP contribution in [0.3, 0.4) is 0 Å². The topological polar surface area (TPSA) is 99.4 Å². The fourth-order valence-electron chi connectivity index (χ4n) is 3.93. The van der Waals surface area contributed by atoms with Crippen molar-refractivity contribution in [1.29, 1.82) is 0 Å². The number of anilines is 2. The van der Waals surface area contributed by atoms with E-state index in [1.807, 2.05) is 43.5 Å². The third-order valence-corrected chi connectivity index (χ3v) is 6.03. The van der Waals surface area contributed by atoms with Crippen molar-refractivity contribution in [3.63, 3.8) is 0 Å². The number of nitrogens with zero attached hydrogens (tertiary/aromatic N) is 4. The van der Waals surface area contributed by atoms with E-state index in [9.17, 15) is 4.79 Å². The first kappa shape index (κ1) is 22.7. The van der Waals surface area contributed by atoms with Crippen LogP contribution in [0.2, 0.25) is 0 Å². The second-order valence-electron chi connectivity index (χ2n) is 8.46. The van der Waals surface area contributed by atoms with E-state index in [2.05, 4.69) is 44.7 Å². The first-order valence-electron chi connectivity index (χ1n) is 11.2. The first-order chi connectivity index (χ1) is 15.9. The number of fused-ring (bicyclic) bond motifs is 1. The third-order valence-electron chi connectivity index (χ3n) is 6.03. The van der Waals surface area contributed by atoms with Crippen molar-refractivity contribution in [1.82, 2.24) is 20.4 Å². The number of benzene rings is 1. The number of allylic oxidation sites excluding steroid dienone is 1. The van der Waals surface area contributed by atoms with Gasteiger partial charge in [-0.2, -0.15) is 0 Å². The maximum absolute atomic E-state index is 12.9. The van der Waals surface area contributed by atoms with Gasteiger partial charge in [-0.25, -0.2) is 15.4 Å². The number of hydrazine groups is 1. The van der Waals surface area contributed by atoms with Crippen LogP contribution >= 0.6 is 0 Å². The lowest BCUT2D eigenvalue weighted by atomic mass is 10.0. The fourth-order valence-corrected chi connectivity index (χ4v) is 3.93. The Balaban J connectivity index is 1.52. The van der Waals surface area contributed by atoms with Gasteiger partial charge < -0.3 is 21.0 Å². The molecule has 0 radical (unpaired) electrons. The zero-order valence-corrected chi connectivity index (χ0v) is 19.4. The smallest absolute Gasteiger partial charge is 0.257 e. The third kappa shape index (κ3) is 5.47. The number of hydrogen-bond acceptors (Lipinski definition) is 7. The predicted molar refractivity (Wildman–Crippen MR) is 134 cm³/mol. The number of aromatic nitrogens is 2. The van der Waals surface area contributed by atoms with Crippen LogP contribution in [0, 0.1) is 0 Å². The van der Waals surface area contributed by atoms with E-state index < -0.39 is 0 Å². The average Bonchev–Trinajstić information content (AvgIpc) is 2.84. The lowest BCUT2D eigenvalue weighted by Gasteiger charge is -2.31. The van der Waals surface area contributed by atoms with Gasteiger partial charge in [-0.3, -0.25) is 4.79 Å². The molecule has 1 aromatic carbocycles. The fraction of sp³-hybridized carbons (Fsp3) is 0.320. The molecule has 4 N–H and O–H groups in total. The van der Waals surface area contributed by atoms with Crippen molar-refractivity contribution in [2.45, 2.75) is 25.8 Å². The van der Waals surface area contributed by atoms with Crippen molar-refractivity contribution in [2.24, 2.45) is 5.73 Å². The zero-order valence-electron chi connectivity index (χ0n) is 19.4. The van der Waals surface area contributed by atoms with Crippen LogP contribution < -0.4 is 21.4 Å². The average molecular weight is 446 g/mol. The predicted octanol–water partition coefficient (Wildman–Crippen LogP) is 3.24. The summed E-state index contributed by atoms with van der Waals surface area (Å²) in [5, 5.41) is 6.86. The molecular weight excluding hydrogens is 414 g/mol. The van der Waals surface area contributed by atoms with Gasteiger partial charge in [0.05, 0.1) is 0 Å². The number of piperidine rings is 1. The molecular formula is C25H31N7O. The molecule has 1 saturated heterocycles. The number of rotatable bonds is 6. The summed E-state index contributed by atoms with van der Waals surface area (Å²) in [6.45, 7) is 3.77. The highest BCUT2D eigenvalue weighted by Gasteiger charge is 2.18. The van der Waals surface area contributed by atoms with Crippen molar-refractivity contribution in [2.75, 3.05) is 37.4 Å². The zero-order chi connectivity index (χ0) is 23.4. The molecule has 3 aromatic rings. The molecule has 4 rings (SSSR count). The number of carbonyl (C=O) groups is 1. The van der Waals surface area contributed by atoms with E-state index in [4.69, 9.17) is 5.73 Å². The highest BCUT2D eigenvalue weighted by molar-refractivity contribution is 6.05. The lowest BCUT2D eigenvalue weighted by Crippen LogP contribution is -2.40. The van der Waals surface area contributed by atoms with Crippen LogP contribution in [0.5, 0.6) is 0 Å². The summed E-state index contributed by atoms with van der Waals surface area (Å²) in [6, 6.07) is 11.9. The second kappa shape index (κ2) is 9.97. The van der Waals surface area contributed by atoms with Crippen molar-refractivity contribution in [3.8, 4) is 0 Å². The first-order valence-corrected chi connectivity index (χ1v) is 11.2. The number of pyridine rings is 2. The minimum absolute atomic E-state index is 0.206. The van der Waals surface area contributed by atoms with Crippen molar-refractivity contribution < 1.29 is 4.79 Å². The number of nitrogens with two attached hydrogens (primary N) is 1. The Morgan fingerprint density at radius 3 is 2.67 bits per heavy atom. The molecule has 2 aromatic heterocycles. The van der Waals surface area contributed by atoms with Crippen LogP contribution in [-0.2, 0) is 0 Å².